The van der Waals surface area contributed by atoms with Crippen LogP contribution < -0.4 is 0 Å². The lowest BCUT2D eigenvalue weighted by Crippen LogP contribution is -2.12. The van der Waals surface area contributed by atoms with Crippen LogP contribution in [0.1, 0.15) is 41.4 Å². The van der Waals surface area contributed by atoms with E-state index in [1.165, 1.54) is 6.07 Å². The number of carbonyl (C=O) groups is 4. The maximum absolute atomic E-state index is 11.3. The number of fused-ring (bicyclic) bond motifs is 1. The van der Waals surface area contributed by atoms with Crippen LogP contribution in [0.15, 0.2) is 24.3 Å². The normalized spacial score (nSPS) is 10.4. The number of carboxylic acids is 4. The fraction of sp³-hybridized carbons (Fsp3) is 0. The van der Waals surface area contributed by atoms with Crippen molar-refractivity contribution in [2.24, 2.45) is 0 Å². The first-order valence-electron chi connectivity index (χ1n) is 5.78. The van der Waals surface area contributed by atoms with Crippen LogP contribution in [-0.4, -0.2) is 44.3 Å². The Hall–Kier alpha value is -3.42. The quantitative estimate of drug-likeness (QED) is 0.665. The Kier molecular flexibility index (Phi) is 3.52. The minimum Gasteiger partial charge on any atom is -0.478 e. The number of rotatable bonds is 4. The molecule has 8 heteroatoms. The Bertz CT molecular complexity index is 838. The van der Waals surface area contributed by atoms with E-state index in [4.69, 9.17) is 15.3 Å². The fourth-order valence-electron chi connectivity index (χ4n) is 2.13. The molecule has 8 nitrogen and oxygen atoms in total. The summed E-state index contributed by atoms with van der Waals surface area (Å²) in [5, 5.41) is 36.2. The van der Waals surface area contributed by atoms with Crippen molar-refractivity contribution in [3.05, 3.63) is 46.5 Å². The van der Waals surface area contributed by atoms with Gasteiger partial charge < -0.3 is 20.4 Å². The number of carboxylic acid groups (broad SMARTS) is 4. The molecule has 22 heavy (non-hydrogen) atoms. The average Bonchev–Trinajstić information content (AvgIpc) is 2.43. The van der Waals surface area contributed by atoms with Gasteiger partial charge in [-0.05, 0) is 29.0 Å². The molecule has 0 fully saturated rings. The highest BCUT2D eigenvalue weighted by atomic mass is 16.4. The molecule has 0 aromatic heterocycles. The molecule has 0 aliphatic carbocycles. The summed E-state index contributed by atoms with van der Waals surface area (Å²) in [6.45, 7) is 0. The number of hydrogen-bond acceptors (Lipinski definition) is 4. The van der Waals surface area contributed by atoms with Crippen molar-refractivity contribution in [3.63, 3.8) is 0 Å². The van der Waals surface area contributed by atoms with Gasteiger partial charge in [0.25, 0.3) is 0 Å². The van der Waals surface area contributed by atoms with Crippen molar-refractivity contribution in [2.75, 3.05) is 0 Å². The molecule has 2 rings (SSSR count). The number of benzene rings is 2. The van der Waals surface area contributed by atoms with E-state index in [9.17, 15) is 24.3 Å². The van der Waals surface area contributed by atoms with Gasteiger partial charge in [-0.3, -0.25) is 0 Å². The van der Waals surface area contributed by atoms with Crippen LogP contribution in [0.3, 0.4) is 0 Å². The molecule has 0 saturated heterocycles. The number of aromatic carboxylic acids is 4. The molecule has 0 heterocycles. The lowest BCUT2D eigenvalue weighted by atomic mass is 9.94. The van der Waals surface area contributed by atoms with E-state index in [0.29, 0.717) is 0 Å². The Balaban J connectivity index is 2.99. The minimum absolute atomic E-state index is 0.116. The summed E-state index contributed by atoms with van der Waals surface area (Å²) >= 11 is 0. The lowest BCUT2D eigenvalue weighted by Gasteiger charge is -2.09. The van der Waals surface area contributed by atoms with Crippen molar-refractivity contribution < 1.29 is 39.6 Å². The second kappa shape index (κ2) is 5.17. The van der Waals surface area contributed by atoms with Gasteiger partial charge in [-0.2, -0.15) is 0 Å². The third kappa shape index (κ3) is 2.33. The SMILES string of the molecule is O=C(O)c1cc2ccc(C(=O)O)c(C(=O)O)c2cc1C(=O)O. The predicted octanol–water partition coefficient (Wildman–Crippen LogP) is 1.63. The molecular formula is C14H8O8. The first-order valence-corrected chi connectivity index (χ1v) is 5.78. The zero-order valence-electron chi connectivity index (χ0n) is 10.7. The number of hydrogen-bond donors (Lipinski definition) is 4. The first-order chi connectivity index (χ1) is 10.2. The lowest BCUT2D eigenvalue weighted by molar-refractivity contribution is 0.0650. The molecule has 4 N–H and O–H groups in total. The molecule has 2 aromatic carbocycles. The Morgan fingerprint density at radius 1 is 0.636 bits per heavy atom. The monoisotopic (exact) mass is 304 g/mol. The van der Waals surface area contributed by atoms with Crippen LogP contribution in [0.5, 0.6) is 0 Å². The van der Waals surface area contributed by atoms with Gasteiger partial charge in [0.2, 0.25) is 0 Å². The smallest absolute Gasteiger partial charge is 0.337 e. The molecular weight excluding hydrogens is 296 g/mol. The average molecular weight is 304 g/mol. The van der Waals surface area contributed by atoms with Crippen LogP contribution >= 0.6 is 0 Å². The van der Waals surface area contributed by atoms with Crippen LogP contribution in [-0.2, 0) is 0 Å². The van der Waals surface area contributed by atoms with Crippen LogP contribution in [0.25, 0.3) is 10.8 Å². The van der Waals surface area contributed by atoms with E-state index in [1.54, 1.807) is 0 Å². The van der Waals surface area contributed by atoms with Gasteiger partial charge in [0.05, 0.1) is 22.3 Å². The second-order valence-electron chi connectivity index (χ2n) is 4.33. The maximum Gasteiger partial charge on any atom is 0.337 e. The zero-order chi connectivity index (χ0) is 16.6. The van der Waals surface area contributed by atoms with E-state index in [0.717, 1.165) is 18.2 Å². The molecule has 0 aliphatic heterocycles. The van der Waals surface area contributed by atoms with Crippen LogP contribution in [0.2, 0.25) is 0 Å². The Morgan fingerprint density at radius 3 is 1.59 bits per heavy atom. The summed E-state index contributed by atoms with van der Waals surface area (Å²) in [5.41, 5.74) is -2.24. The van der Waals surface area contributed by atoms with Gasteiger partial charge in [0, 0.05) is 0 Å². The van der Waals surface area contributed by atoms with Gasteiger partial charge in [0.1, 0.15) is 0 Å². The molecule has 0 saturated carbocycles. The molecule has 2 aromatic rings. The molecule has 0 unspecified atom stereocenters. The largest absolute Gasteiger partial charge is 0.478 e. The fourth-order valence-corrected chi connectivity index (χ4v) is 2.13. The highest BCUT2D eigenvalue weighted by Gasteiger charge is 2.23. The van der Waals surface area contributed by atoms with Gasteiger partial charge in [-0.25, -0.2) is 19.2 Å². The maximum atomic E-state index is 11.3. The van der Waals surface area contributed by atoms with Crippen molar-refractivity contribution in [3.8, 4) is 0 Å². The van der Waals surface area contributed by atoms with E-state index >= 15 is 0 Å². The molecule has 0 amide bonds. The van der Waals surface area contributed by atoms with Crippen molar-refractivity contribution >= 4 is 34.6 Å². The summed E-state index contributed by atoms with van der Waals surface area (Å²) in [7, 11) is 0. The summed E-state index contributed by atoms with van der Waals surface area (Å²) in [6, 6.07) is 4.11. The summed E-state index contributed by atoms with van der Waals surface area (Å²) in [6.07, 6.45) is 0. The molecule has 0 bridgehead atoms. The molecule has 0 spiro atoms. The topological polar surface area (TPSA) is 149 Å². The van der Waals surface area contributed by atoms with E-state index in [-0.39, 0.29) is 10.8 Å². The van der Waals surface area contributed by atoms with Crippen LogP contribution in [0.4, 0.5) is 0 Å². The van der Waals surface area contributed by atoms with Crippen molar-refractivity contribution in [2.45, 2.75) is 0 Å². The van der Waals surface area contributed by atoms with Gasteiger partial charge in [0.15, 0.2) is 0 Å². The van der Waals surface area contributed by atoms with Crippen molar-refractivity contribution in [1.82, 2.24) is 0 Å². The molecule has 112 valence electrons. The van der Waals surface area contributed by atoms with Gasteiger partial charge in [-0.15, -0.1) is 0 Å². The Labute approximate surface area is 121 Å². The highest BCUT2D eigenvalue weighted by Crippen LogP contribution is 2.27. The van der Waals surface area contributed by atoms with Crippen LogP contribution in [0, 0.1) is 0 Å². The highest BCUT2D eigenvalue weighted by molar-refractivity contribution is 6.15. The molecule has 0 radical (unpaired) electrons. The van der Waals surface area contributed by atoms with E-state index < -0.39 is 46.1 Å². The molecule has 0 atom stereocenters. The minimum atomic E-state index is -1.56. The zero-order valence-corrected chi connectivity index (χ0v) is 10.7. The van der Waals surface area contributed by atoms with Gasteiger partial charge in [-0.1, -0.05) is 6.07 Å². The Morgan fingerprint density at radius 2 is 1.14 bits per heavy atom. The van der Waals surface area contributed by atoms with E-state index in [1.807, 2.05) is 0 Å². The first kappa shape index (κ1) is 15.0. The standard InChI is InChI=1S/C14H8O8/c15-11(16)6-2-1-5-3-8(12(17)18)9(13(19)20)4-7(5)10(6)14(21)22/h1-4H,(H,15,16)(H,17,18)(H,19,20)(H,21,22). The second-order valence-corrected chi connectivity index (χ2v) is 4.33. The van der Waals surface area contributed by atoms with E-state index in [2.05, 4.69) is 0 Å². The third-order valence-electron chi connectivity index (χ3n) is 3.06. The summed E-state index contributed by atoms with van der Waals surface area (Å²) < 4.78 is 0. The van der Waals surface area contributed by atoms with Crippen molar-refractivity contribution in [1.29, 1.82) is 0 Å². The third-order valence-corrected chi connectivity index (χ3v) is 3.06. The molecule has 0 aliphatic rings. The summed E-state index contributed by atoms with van der Waals surface area (Å²) in [5.74, 6) is -6.09. The predicted molar refractivity (Wildman–Crippen MR) is 71.8 cm³/mol. The van der Waals surface area contributed by atoms with Gasteiger partial charge >= 0.3 is 23.9 Å². The summed E-state index contributed by atoms with van der Waals surface area (Å²) in [4.78, 5) is 44.6.